The summed E-state index contributed by atoms with van der Waals surface area (Å²) < 4.78 is 0. The van der Waals surface area contributed by atoms with Gasteiger partial charge in [-0.15, -0.1) is 0 Å². The van der Waals surface area contributed by atoms with Crippen molar-refractivity contribution in [1.82, 2.24) is 10.6 Å². The molecule has 2 fully saturated rings. The fraction of sp³-hybridized carbons (Fsp3) is 0.800. The summed E-state index contributed by atoms with van der Waals surface area (Å²) in [5.74, 6) is -0.656. The standard InChI is InChI=1S/C15H24N2O3/c1-10(13(18)15(20)16-9-11-7-8-11)17-14(19)12-5-3-2-4-6-12/h10-12H,2-9H2,1H3,(H,16,20)(H,17,19). The predicted molar refractivity (Wildman–Crippen MR) is 74.9 cm³/mol. The molecule has 0 heterocycles. The lowest BCUT2D eigenvalue weighted by Crippen LogP contribution is -2.48. The van der Waals surface area contributed by atoms with Crippen LogP contribution in [-0.4, -0.2) is 30.2 Å². The lowest BCUT2D eigenvalue weighted by Gasteiger charge is -2.22. The van der Waals surface area contributed by atoms with E-state index in [-0.39, 0.29) is 11.8 Å². The van der Waals surface area contributed by atoms with Crippen LogP contribution in [0.5, 0.6) is 0 Å². The number of hydrogen-bond donors (Lipinski definition) is 2. The second-order valence-electron chi connectivity index (χ2n) is 6.08. The topological polar surface area (TPSA) is 75.3 Å². The summed E-state index contributed by atoms with van der Waals surface area (Å²) >= 11 is 0. The average molecular weight is 280 g/mol. The molecule has 5 heteroatoms. The van der Waals surface area contributed by atoms with Gasteiger partial charge in [0, 0.05) is 12.5 Å². The van der Waals surface area contributed by atoms with Crippen LogP contribution in [-0.2, 0) is 14.4 Å². The predicted octanol–water partition coefficient (Wildman–Crippen LogP) is 1.17. The van der Waals surface area contributed by atoms with Gasteiger partial charge < -0.3 is 10.6 Å². The van der Waals surface area contributed by atoms with Crippen LogP contribution in [0.25, 0.3) is 0 Å². The molecule has 0 spiro atoms. The van der Waals surface area contributed by atoms with Crippen molar-refractivity contribution >= 4 is 17.6 Å². The molecule has 1 unspecified atom stereocenters. The van der Waals surface area contributed by atoms with Gasteiger partial charge in [0.25, 0.3) is 5.91 Å². The number of amides is 2. The zero-order valence-electron chi connectivity index (χ0n) is 12.1. The van der Waals surface area contributed by atoms with Gasteiger partial charge >= 0.3 is 0 Å². The summed E-state index contributed by atoms with van der Waals surface area (Å²) in [7, 11) is 0. The largest absolute Gasteiger partial charge is 0.349 e. The maximum Gasteiger partial charge on any atom is 0.289 e. The quantitative estimate of drug-likeness (QED) is 0.717. The monoisotopic (exact) mass is 280 g/mol. The highest BCUT2D eigenvalue weighted by atomic mass is 16.2. The summed E-state index contributed by atoms with van der Waals surface area (Å²) in [6.07, 6.45) is 7.36. The molecular formula is C15H24N2O3. The van der Waals surface area contributed by atoms with Crippen molar-refractivity contribution in [1.29, 1.82) is 0 Å². The van der Waals surface area contributed by atoms with Crippen LogP contribution in [0.1, 0.15) is 51.9 Å². The molecular weight excluding hydrogens is 256 g/mol. The van der Waals surface area contributed by atoms with E-state index in [4.69, 9.17) is 0 Å². The molecule has 112 valence electrons. The van der Waals surface area contributed by atoms with Gasteiger partial charge in [-0.05, 0) is 38.5 Å². The van der Waals surface area contributed by atoms with Gasteiger partial charge in [0.2, 0.25) is 11.7 Å². The first-order valence-corrected chi connectivity index (χ1v) is 7.70. The Morgan fingerprint density at radius 2 is 1.70 bits per heavy atom. The third-order valence-electron chi connectivity index (χ3n) is 4.20. The molecule has 0 aromatic heterocycles. The van der Waals surface area contributed by atoms with E-state index < -0.39 is 17.7 Å². The highest BCUT2D eigenvalue weighted by molar-refractivity contribution is 6.38. The molecule has 0 aromatic rings. The summed E-state index contributed by atoms with van der Waals surface area (Å²) in [4.78, 5) is 35.5. The average Bonchev–Trinajstić information content (AvgIpc) is 3.29. The van der Waals surface area contributed by atoms with Gasteiger partial charge in [0.05, 0.1) is 6.04 Å². The van der Waals surface area contributed by atoms with E-state index in [1.165, 1.54) is 6.42 Å². The van der Waals surface area contributed by atoms with Gasteiger partial charge in [-0.25, -0.2) is 0 Å². The summed E-state index contributed by atoms with van der Waals surface area (Å²) in [5.41, 5.74) is 0. The maximum absolute atomic E-state index is 12.0. The highest BCUT2D eigenvalue weighted by Gasteiger charge is 2.28. The van der Waals surface area contributed by atoms with Gasteiger partial charge in [-0.2, -0.15) is 0 Å². The molecule has 1 atom stereocenters. The van der Waals surface area contributed by atoms with E-state index in [2.05, 4.69) is 10.6 Å². The van der Waals surface area contributed by atoms with Crippen molar-refractivity contribution in [3.63, 3.8) is 0 Å². The van der Waals surface area contributed by atoms with Crippen molar-refractivity contribution in [2.45, 2.75) is 57.9 Å². The second kappa shape index (κ2) is 6.86. The van der Waals surface area contributed by atoms with Gasteiger partial charge in [0.15, 0.2) is 0 Å². The SMILES string of the molecule is CC(NC(=O)C1CCCCC1)C(=O)C(=O)NCC1CC1. The Morgan fingerprint density at radius 1 is 1.05 bits per heavy atom. The first-order chi connectivity index (χ1) is 9.58. The zero-order chi connectivity index (χ0) is 14.5. The minimum absolute atomic E-state index is 0.00789. The molecule has 0 radical (unpaired) electrons. The molecule has 2 aliphatic rings. The summed E-state index contributed by atoms with van der Waals surface area (Å²) in [5, 5.41) is 5.32. The zero-order valence-corrected chi connectivity index (χ0v) is 12.1. The van der Waals surface area contributed by atoms with Gasteiger partial charge in [-0.1, -0.05) is 19.3 Å². The second-order valence-corrected chi connectivity index (χ2v) is 6.08. The summed E-state index contributed by atoms with van der Waals surface area (Å²) in [6.45, 7) is 2.16. The minimum Gasteiger partial charge on any atom is -0.349 e. The highest BCUT2D eigenvalue weighted by Crippen LogP contribution is 2.27. The third-order valence-corrected chi connectivity index (χ3v) is 4.20. The van der Waals surface area contributed by atoms with Crippen LogP contribution in [0.15, 0.2) is 0 Å². The molecule has 0 saturated heterocycles. The molecule has 5 nitrogen and oxygen atoms in total. The molecule has 0 aliphatic heterocycles. The number of carbonyl (C=O) groups is 3. The molecule has 0 aromatic carbocycles. The Morgan fingerprint density at radius 3 is 2.30 bits per heavy atom. The van der Waals surface area contributed by atoms with Crippen LogP contribution in [0.2, 0.25) is 0 Å². The Balaban J connectivity index is 1.73. The van der Waals surface area contributed by atoms with Crippen molar-refractivity contribution in [2.24, 2.45) is 11.8 Å². The summed E-state index contributed by atoms with van der Waals surface area (Å²) in [6, 6.07) is -0.733. The maximum atomic E-state index is 12.0. The smallest absolute Gasteiger partial charge is 0.289 e. The van der Waals surface area contributed by atoms with Crippen LogP contribution in [0, 0.1) is 11.8 Å². The molecule has 0 bridgehead atoms. The van der Waals surface area contributed by atoms with Crippen molar-refractivity contribution in [3.8, 4) is 0 Å². The van der Waals surface area contributed by atoms with Crippen molar-refractivity contribution < 1.29 is 14.4 Å². The van der Waals surface area contributed by atoms with Crippen LogP contribution >= 0.6 is 0 Å². The van der Waals surface area contributed by atoms with E-state index in [0.29, 0.717) is 12.5 Å². The number of hydrogen-bond acceptors (Lipinski definition) is 3. The number of Topliss-reactive ketones (excluding diaryl/α,β-unsaturated/α-hetero) is 1. The lowest BCUT2D eigenvalue weighted by molar-refractivity contribution is -0.140. The van der Waals surface area contributed by atoms with Crippen LogP contribution in [0.3, 0.4) is 0 Å². The fourth-order valence-electron chi connectivity index (χ4n) is 2.60. The van der Waals surface area contributed by atoms with E-state index in [1.54, 1.807) is 6.92 Å². The first kappa shape index (κ1) is 15.0. The van der Waals surface area contributed by atoms with Crippen LogP contribution in [0.4, 0.5) is 0 Å². The fourth-order valence-corrected chi connectivity index (χ4v) is 2.60. The lowest BCUT2D eigenvalue weighted by atomic mass is 9.88. The molecule has 2 aliphatic carbocycles. The Labute approximate surface area is 119 Å². The Bertz CT molecular complexity index is 385. The molecule has 2 amide bonds. The minimum atomic E-state index is -0.733. The number of nitrogens with one attached hydrogen (secondary N) is 2. The molecule has 2 saturated carbocycles. The van der Waals surface area contributed by atoms with Gasteiger partial charge in [-0.3, -0.25) is 14.4 Å². The normalized spacial score (nSPS) is 21.1. The first-order valence-electron chi connectivity index (χ1n) is 7.70. The molecule has 2 N–H and O–H groups in total. The molecule has 20 heavy (non-hydrogen) atoms. The number of carbonyl (C=O) groups excluding carboxylic acids is 3. The third kappa shape index (κ3) is 4.32. The Hall–Kier alpha value is -1.39. The molecule has 2 rings (SSSR count). The van der Waals surface area contributed by atoms with Gasteiger partial charge in [0.1, 0.15) is 0 Å². The van der Waals surface area contributed by atoms with E-state index in [0.717, 1.165) is 38.5 Å². The number of rotatable bonds is 6. The van der Waals surface area contributed by atoms with Crippen LogP contribution < -0.4 is 10.6 Å². The Kier molecular flexibility index (Phi) is 5.15. The van der Waals surface area contributed by atoms with E-state index in [1.807, 2.05) is 0 Å². The van der Waals surface area contributed by atoms with Crippen molar-refractivity contribution in [3.05, 3.63) is 0 Å². The van der Waals surface area contributed by atoms with Crippen molar-refractivity contribution in [2.75, 3.05) is 6.54 Å². The van der Waals surface area contributed by atoms with E-state index in [9.17, 15) is 14.4 Å². The number of ketones is 1. The van der Waals surface area contributed by atoms with E-state index >= 15 is 0 Å².